The van der Waals surface area contributed by atoms with E-state index in [4.69, 9.17) is 21.1 Å². The number of hydrogen-bond acceptors (Lipinski definition) is 6. The molecule has 0 aliphatic rings. The maximum Gasteiger partial charge on any atom is 0.343 e. The van der Waals surface area contributed by atoms with E-state index in [1.54, 1.807) is 55.6 Å². The van der Waals surface area contributed by atoms with Crippen LogP contribution in [0.15, 0.2) is 82.8 Å². The van der Waals surface area contributed by atoms with E-state index in [1.807, 2.05) is 0 Å². The van der Waals surface area contributed by atoms with Crippen molar-refractivity contribution in [2.45, 2.75) is 4.90 Å². The van der Waals surface area contributed by atoms with Crippen molar-refractivity contribution >= 4 is 33.8 Å². The Kier molecular flexibility index (Phi) is 6.71. The van der Waals surface area contributed by atoms with Gasteiger partial charge in [0, 0.05) is 5.02 Å². The molecule has 0 bridgehead atoms. The summed E-state index contributed by atoms with van der Waals surface area (Å²) in [6.07, 6.45) is 1.34. The highest BCUT2D eigenvalue weighted by molar-refractivity contribution is 7.89. The molecule has 0 spiro atoms. The van der Waals surface area contributed by atoms with Gasteiger partial charge in [-0.2, -0.15) is 13.5 Å². The monoisotopic (exact) mass is 444 g/mol. The first-order valence-electron chi connectivity index (χ1n) is 8.64. The van der Waals surface area contributed by atoms with Gasteiger partial charge in [-0.25, -0.2) is 9.63 Å². The molecular weight excluding hydrogens is 428 g/mol. The SMILES string of the molecule is COc1ccc(C(=O)Oc2ccc(/C=N\NS(=O)(=O)c3ccc(Cl)cc3)cc2)cc1. The fourth-order valence-electron chi connectivity index (χ4n) is 2.35. The summed E-state index contributed by atoms with van der Waals surface area (Å²) < 4.78 is 34.7. The van der Waals surface area contributed by atoms with Gasteiger partial charge in [0.1, 0.15) is 11.5 Å². The molecule has 0 saturated carbocycles. The standard InChI is InChI=1S/C21H17ClN2O5S/c1-28-18-10-4-16(5-11-18)21(25)29-19-8-2-15(3-9-19)14-23-24-30(26,27)20-12-6-17(22)7-13-20/h2-14,24H,1H3/b23-14-. The molecule has 0 aromatic heterocycles. The van der Waals surface area contributed by atoms with Crippen molar-refractivity contribution in [3.05, 3.63) is 88.9 Å². The second kappa shape index (κ2) is 9.43. The third kappa shape index (κ3) is 5.59. The molecule has 0 heterocycles. The van der Waals surface area contributed by atoms with Crippen molar-refractivity contribution < 1.29 is 22.7 Å². The van der Waals surface area contributed by atoms with E-state index >= 15 is 0 Å². The van der Waals surface area contributed by atoms with Gasteiger partial charge in [0.25, 0.3) is 10.0 Å². The topological polar surface area (TPSA) is 94.1 Å². The molecule has 3 rings (SSSR count). The molecule has 0 fully saturated rings. The third-order valence-electron chi connectivity index (χ3n) is 3.93. The minimum Gasteiger partial charge on any atom is -0.497 e. The predicted molar refractivity (Wildman–Crippen MR) is 114 cm³/mol. The first-order valence-corrected chi connectivity index (χ1v) is 10.5. The first kappa shape index (κ1) is 21.4. The summed E-state index contributed by atoms with van der Waals surface area (Å²) in [5, 5.41) is 4.19. The molecule has 0 atom stereocenters. The molecule has 0 radical (unpaired) electrons. The van der Waals surface area contributed by atoms with Crippen LogP contribution in [0.2, 0.25) is 5.02 Å². The van der Waals surface area contributed by atoms with Crippen LogP contribution in [0.4, 0.5) is 0 Å². The molecule has 0 aliphatic carbocycles. The van der Waals surface area contributed by atoms with Crippen molar-refractivity contribution in [3.63, 3.8) is 0 Å². The largest absolute Gasteiger partial charge is 0.497 e. The summed E-state index contributed by atoms with van der Waals surface area (Å²) in [7, 11) is -2.25. The Bertz CT molecular complexity index is 1140. The Morgan fingerprint density at radius 2 is 1.53 bits per heavy atom. The molecule has 0 saturated heterocycles. The van der Waals surface area contributed by atoms with Crippen LogP contribution < -0.4 is 14.3 Å². The van der Waals surface area contributed by atoms with Gasteiger partial charge in [0.2, 0.25) is 0 Å². The summed E-state index contributed by atoms with van der Waals surface area (Å²) in [6, 6.07) is 18.7. The van der Waals surface area contributed by atoms with Crippen molar-refractivity contribution in [2.75, 3.05) is 7.11 Å². The number of benzene rings is 3. The van der Waals surface area contributed by atoms with Crippen molar-refractivity contribution in [1.82, 2.24) is 4.83 Å². The number of halogens is 1. The summed E-state index contributed by atoms with van der Waals surface area (Å²) in [6.45, 7) is 0. The molecule has 9 heteroatoms. The molecule has 7 nitrogen and oxygen atoms in total. The summed E-state index contributed by atoms with van der Waals surface area (Å²) >= 11 is 5.76. The lowest BCUT2D eigenvalue weighted by Gasteiger charge is -2.06. The predicted octanol–water partition coefficient (Wildman–Crippen LogP) is 3.88. The van der Waals surface area contributed by atoms with Crippen LogP contribution in [0.25, 0.3) is 0 Å². The second-order valence-electron chi connectivity index (χ2n) is 5.99. The summed E-state index contributed by atoms with van der Waals surface area (Å²) in [4.78, 5) is 14.3. The zero-order valence-corrected chi connectivity index (χ0v) is 17.4. The summed E-state index contributed by atoms with van der Waals surface area (Å²) in [5.41, 5.74) is 0.996. The van der Waals surface area contributed by atoms with Gasteiger partial charge in [0.15, 0.2) is 0 Å². The van der Waals surface area contributed by atoms with Crippen LogP contribution in [0.5, 0.6) is 11.5 Å². The lowest BCUT2D eigenvalue weighted by atomic mass is 10.2. The van der Waals surface area contributed by atoms with E-state index in [-0.39, 0.29) is 4.90 Å². The number of hydrogen-bond donors (Lipinski definition) is 1. The zero-order chi connectivity index (χ0) is 21.6. The highest BCUT2D eigenvalue weighted by Crippen LogP contribution is 2.16. The van der Waals surface area contributed by atoms with E-state index < -0.39 is 16.0 Å². The van der Waals surface area contributed by atoms with Gasteiger partial charge < -0.3 is 9.47 Å². The van der Waals surface area contributed by atoms with E-state index in [1.165, 1.54) is 30.5 Å². The molecule has 0 amide bonds. The number of sulfonamides is 1. The normalized spacial score (nSPS) is 11.3. The maximum absolute atomic E-state index is 12.2. The van der Waals surface area contributed by atoms with Crippen LogP contribution in [0, 0.1) is 0 Å². The molecule has 30 heavy (non-hydrogen) atoms. The van der Waals surface area contributed by atoms with Crippen LogP contribution in [-0.2, 0) is 10.0 Å². The number of ether oxygens (including phenoxy) is 2. The molecule has 3 aromatic rings. The quantitative estimate of drug-likeness (QED) is 0.258. The molecule has 154 valence electrons. The van der Waals surface area contributed by atoms with E-state index in [0.29, 0.717) is 27.6 Å². The van der Waals surface area contributed by atoms with Crippen LogP contribution in [-0.4, -0.2) is 27.7 Å². The fourth-order valence-corrected chi connectivity index (χ4v) is 3.27. The Labute approximate surface area is 179 Å². The average molecular weight is 445 g/mol. The summed E-state index contributed by atoms with van der Waals surface area (Å²) in [5.74, 6) is 0.478. The van der Waals surface area contributed by atoms with Crippen LogP contribution in [0.3, 0.4) is 0 Å². The van der Waals surface area contributed by atoms with E-state index in [9.17, 15) is 13.2 Å². The van der Waals surface area contributed by atoms with Gasteiger partial charge in [-0.1, -0.05) is 11.6 Å². The van der Waals surface area contributed by atoms with Crippen molar-refractivity contribution in [3.8, 4) is 11.5 Å². The maximum atomic E-state index is 12.2. The molecular formula is C21H17ClN2O5S. The molecule has 0 aliphatic heterocycles. The highest BCUT2D eigenvalue weighted by atomic mass is 35.5. The van der Waals surface area contributed by atoms with E-state index in [2.05, 4.69) is 9.93 Å². The van der Waals surface area contributed by atoms with E-state index in [0.717, 1.165) is 0 Å². The first-order chi connectivity index (χ1) is 14.4. The molecule has 1 N–H and O–H groups in total. The molecule has 0 unspecified atom stereocenters. The average Bonchev–Trinajstić information content (AvgIpc) is 2.75. The van der Waals surface area contributed by atoms with Gasteiger partial charge in [-0.05, 0) is 78.4 Å². The highest BCUT2D eigenvalue weighted by Gasteiger charge is 2.12. The fraction of sp³-hybridized carbons (Fsp3) is 0.0476. The minimum atomic E-state index is -3.79. The third-order valence-corrected chi connectivity index (χ3v) is 5.42. The Hall–Kier alpha value is -3.36. The number of carbonyl (C=O) groups excluding carboxylic acids is 1. The number of esters is 1. The van der Waals surface area contributed by atoms with Crippen molar-refractivity contribution in [2.24, 2.45) is 5.10 Å². The van der Waals surface area contributed by atoms with Crippen molar-refractivity contribution in [1.29, 1.82) is 0 Å². The Morgan fingerprint density at radius 3 is 2.13 bits per heavy atom. The van der Waals surface area contributed by atoms with Gasteiger partial charge in [-0.15, -0.1) is 0 Å². The number of rotatable bonds is 7. The second-order valence-corrected chi connectivity index (χ2v) is 8.09. The minimum absolute atomic E-state index is 0.0462. The van der Waals surface area contributed by atoms with Gasteiger partial charge in [0.05, 0.1) is 23.8 Å². The lowest BCUT2D eigenvalue weighted by molar-refractivity contribution is 0.0734. The van der Waals surface area contributed by atoms with Crippen LogP contribution in [0.1, 0.15) is 15.9 Å². The number of nitrogens with one attached hydrogen (secondary N) is 1. The number of nitrogens with zero attached hydrogens (tertiary/aromatic N) is 1. The molecule has 3 aromatic carbocycles. The van der Waals surface area contributed by atoms with Gasteiger partial charge >= 0.3 is 5.97 Å². The Balaban J connectivity index is 1.59. The number of methoxy groups -OCH3 is 1. The smallest absolute Gasteiger partial charge is 0.343 e. The van der Waals surface area contributed by atoms with Crippen LogP contribution >= 0.6 is 11.6 Å². The zero-order valence-electron chi connectivity index (χ0n) is 15.8. The number of carbonyl (C=O) groups is 1. The van der Waals surface area contributed by atoms with Gasteiger partial charge in [-0.3, -0.25) is 0 Å². The lowest BCUT2D eigenvalue weighted by Crippen LogP contribution is -2.18. The number of hydrazone groups is 1. The Morgan fingerprint density at radius 1 is 0.933 bits per heavy atom.